The standard InChI is InChI=1S/C11H17FN2/c1-9(14-7-6-13)8-10-4-2-3-5-11(10)12/h2-5,9,14H,6-8,13H2,1H3. The highest BCUT2D eigenvalue weighted by molar-refractivity contribution is 5.18. The highest BCUT2D eigenvalue weighted by Gasteiger charge is 2.05. The molecule has 1 rings (SSSR count). The Hall–Kier alpha value is -0.930. The quantitative estimate of drug-likeness (QED) is 0.745. The van der Waals surface area contributed by atoms with Gasteiger partial charge < -0.3 is 11.1 Å². The largest absolute Gasteiger partial charge is 0.329 e. The number of hydrogen-bond acceptors (Lipinski definition) is 2. The lowest BCUT2D eigenvalue weighted by molar-refractivity contribution is 0.532. The van der Waals surface area contributed by atoms with E-state index in [0.717, 1.165) is 12.1 Å². The molecule has 0 fully saturated rings. The lowest BCUT2D eigenvalue weighted by atomic mass is 10.1. The summed E-state index contributed by atoms with van der Waals surface area (Å²) in [4.78, 5) is 0. The third-order valence-electron chi connectivity index (χ3n) is 2.12. The smallest absolute Gasteiger partial charge is 0.126 e. The second kappa shape index (κ2) is 5.73. The summed E-state index contributed by atoms with van der Waals surface area (Å²) in [6.07, 6.45) is 0.701. The van der Waals surface area contributed by atoms with Gasteiger partial charge in [-0.05, 0) is 25.0 Å². The zero-order valence-electron chi connectivity index (χ0n) is 8.46. The molecule has 78 valence electrons. The first kappa shape index (κ1) is 11.1. The first-order valence-corrected chi connectivity index (χ1v) is 4.91. The molecule has 14 heavy (non-hydrogen) atoms. The van der Waals surface area contributed by atoms with E-state index in [1.165, 1.54) is 6.07 Å². The molecule has 2 nitrogen and oxygen atoms in total. The molecule has 0 aliphatic rings. The van der Waals surface area contributed by atoms with Gasteiger partial charge in [0.1, 0.15) is 5.82 Å². The third kappa shape index (κ3) is 3.44. The van der Waals surface area contributed by atoms with Crippen molar-refractivity contribution in [1.29, 1.82) is 0 Å². The molecule has 1 unspecified atom stereocenters. The van der Waals surface area contributed by atoms with E-state index in [0.29, 0.717) is 13.0 Å². The molecule has 0 amide bonds. The van der Waals surface area contributed by atoms with Crippen molar-refractivity contribution in [2.45, 2.75) is 19.4 Å². The Morgan fingerprint density at radius 1 is 1.43 bits per heavy atom. The molecule has 0 heterocycles. The van der Waals surface area contributed by atoms with Crippen LogP contribution in [0.4, 0.5) is 4.39 Å². The van der Waals surface area contributed by atoms with Crippen molar-refractivity contribution in [2.24, 2.45) is 5.73 Å². The fourth-order valence-corrected chi connectivity index (χ4v) is 1.40. The van der Waals surface area contributed by atoms with Crippen molar-refractivity contribution in [3.8, 4) is 0 Å². The van der Waals surface area contributed by atoms with Crippen molar-refractivity contribution in [3.63, 3.8) is 0 Å². The number of benzene rings is 1. The minimum Gasteiger partial charge on any atom is -0.329 e. The monoisotopic (exact) mass is 196 g/mol. The van der Waals surface area contributed by atoms with E-state index in [1.54, 1.807) is 6.07 Å². The van der Waals surface area contributed by atoms with Gasteiger partial charge in [-0.1, -0.05) is 18.2 Å². The van der Waals surface area contributed by atoms with Gasteiger partial charge in [0.05, 0.1) is 0 Å². The summed E-state index contributed by atoms with van der Waals surface area (Å²) in [6.45, 7) is 3.42. The molecule has 0 saturated heterocycles. The molecule has 3 heteroatoms. The van der Waals surface area contributed by atoms with Crippen LogP contribution in [-0.2, 0) is 6.42 Å². The maximum absolute atomic E-state index is 13.2. The molecule has 0 bridgehead atoms. The molecule has 3 N–H and O–H groups in total. The van der Waals surface area contributed by atoms with Gasteiger partial charge in [-0.25, -0.2) is 4.39 Å². The van der Waals surface area contributed by atoms with Crippen LogP contribution in [0.3, 0.4) is 0 Å². The maximum Gasteiger partial charge on any atom is 0.126 e. The highest BCUT2D eigenvalue weighted by Crippen LogP contribution is 2.08. The molecule has 1 aromatic carbocycles. The van der Waals surface area contributed by atoms with Crippen LogP contribution in [0.25, 0.3) is 0 Å². The summed E-state index contributed by atoms with van der Waals surface area (Å²) in [5, 5.41) is 3.22. The van der Waals surface area contributed by atoms with Crippen LogP contribution in [0.15, 0.2) is 24.3 Å². The summed E-state index contributed by atoms with van der Waals surface area (Å²) in [6, 6.07) is 7.13. The van der Waals surface area contributed by atoms with Crippen molar-refractivity contribution < 1.29 is 4.39 Å². The normalized spacial score (nSPS) is 12.8. The van der Waals surface area contributed by atoms with E-state index in [1.807, 2.05) is 19.1 Å². The second-order valence-electron chi connectivity index (χ2n) is 3.44. The topological polar surface area (TPSA) is 38.0 Å². The van der Waals surface area contributed by atoms with E-state index in [2.05, 4.69) is 5.32 Å². The van der Waals surface area contributed by atoms with Crippen LogP contribution < -0.4 is 11.1 Å². The van der Waals surface area contributed by atoms with Crippen LogP contribution in [0.5, 0.6) is 0 Å². The maximum atomic E-state index is 13.2. The lowest BCUT2D eigenvalue weighted by Gasteiger charge is -2.13. The number of hydrogen-bond donors (Lipinski definition) is 2. The summed E-state index contributed by atoms with van der Waals surface area (Å²) in [7, 11) is 0. The molecule has 1 atom stereocenters. The van der Waals surface area contributed by atoms with Gasteiger partial charge in [-0.2, -0.15) is 0 Å². The van der Waals surface area contributed by atoms with Crippen LogP contribution in [0.1, 0.15) is 12.5 Å². The fraction of sp³-hybridized carbons (Fsp3) is 0.455. The zero-order valence-corrected chi connectivity index (χ0v) is 8.46. The van der Waals surface area contributed by atoms with Crippen molar-refractivity contribution in [3.05, 3.63) is 35.6 Å². The molecule has 0 radical (unpaired) electrons. The first-order chi connectivity index (χ1) is 6.74. The van der Waals surface area contributed by atoms with Crippen LogP contribution >= 0.6 is 0 Å². The summed E-state index contributed by atoms with van der Waals surface area (Å²) >= 11 is 0. The molecule has 0 aromatic heterocycles. The van der Waals surface area contributed by atoms with E-state index < -0.39 is 0 Å². The number of nitrogens with two attached hydrogens (primary N) is 1. The second-order valence-corrected chi connectivity index (χ2v) is 3.44. The van der Waals surface area contributed by atoms with Crippen molar-refractivity contribution in [2.75, 3.05) is 13.1 Å². The van der Waals surface area contributed by atoms with Gasteiger partial charge in [-0.15, -0.1) is 0 Å². The van der Waals surface area contributed by atoms with E-state index >= 15 is 0 Å². The van der Waals surface area contributed by atoms with Gasteiger partial charge in [0.2, 0.25) is 0 Å². The summed E-state index contributed by atoms with van der Waals surface area (Å²) in [5.74, 6) is -0.131. The number of rotatable bonds is 5. The Labute approximate surface area is 84.3 Å². The Morgan fingerprint density at radius 2 is 2.14 bits per heavy atom. The molecule has 0 aliphatic heterocycles. The van der Waals surface area contributed by atoms with Crippen molar-refractivity contribution >= 4 is 0 Å². The SMILES string of the molecule is CC(Cc1ccccc1F)NCCN. The van der Waals surface area contributed by atoms with Gasteiger partial charge in [0.15, 0.2) is 0 Å². The van der Waals surface area contributed by atoms with Gasteiger partial charge in [0.25, 0.3) is 0 Å². The van der Waals surface area contributed by atoms with Crippen molar-refractivity contribution in [1.82, 2.24) is 5.32 Å². The molecule has 0 aliphatic carbocycles. The van der Waals surface area contributed by atoms with E-state index in [-0.39, 0.29) is 11.9 Å². The molecular weight excluding hydrogens is 179 g/mol. The van der Waals surface area contributed by atoms with Gasteiger partial charge in [-0.3, -0.25) is 0 Å². The molecule has 0 saturated carbocycles. The Morgan fingerprint density at radius 3 is 2.79 bits per heavy atom. The predicted molar refractivity (Wildman–Crippen MR) is 56.6 cm³/mol. The minimum atomic E-state index is -0.131. The molecule has 1 aromatic rings. The van der Waals surface area contributed by atoms with E-state index in [4.69, 9.17) is 5.73 Å². The first-order valence-electron chi connectivity index (χ1n) is 4.91. The molecule has 0 spiro atoms. The number of halogens is 1. The zero-order chi connectivity index (χ0) is 10.4. The average Bonchev–Trinajstić information content (AvgIpc) is 2.18. The fourth-order valence-electron chi connectivity index (χ4n) is 1.40. The Kier molecular flexibility index (Phi) is 4.56. The third-order valence-corrected chi connectivity index (χ3v) is 2.12. The Bertz CT molecular complexity index is 276. The lowest BCUT2D eigenvalue weighted by Crippen LogP contribution is -2.32. The van der Waals surface area contributed by atoms with Crippen LogP contribution in [0.2, 0.25) is 0 Å². The summed E-state index contributed by atoms with van der Waals surface area (Å²) < 4.78 is 13.2. The minimum absolute atomic E-state index is 0.131. The van der Waals surface area contributed by atoms with Gasteiger partial charge in [0, 0.05) is 19.1 Å². The van der Waals surface area contributed by atoms with E-state index in [9.17, 15) is 4.39 Å². The van der Waals surface area contributed by atoms with Gasteiger partial charge >= 0.3 is 0 Å². The Balaban J connectivity index is 2.47. The highest BCUT2D eigenvalue weighted by atomic mass is 19.1. The summed E-state index contributed by atoms with van der Waals surface area (Å²) in [5.41, 5.74) is 6.12. The molecular formula is C11H17FN2. The van der Waals surface area contributed by atoms with Crippen LogP contribution in [-0.4, -0.2) is 19.1 Å². The average molecular weight is 196 g/mol. The number of nitrogens with one attached hydrogen (secondary N) is 1. The van der Waals surface area contributed by atoms with Crippen LogP contribution in [0, 0.1) is 5.82 Å². The predicted octanol–water partition coefficient (Wildman–Crippen LogP) is 1.30.